The number of hydrogen-bond acceptors (Lipinski definition) is 3. The van der Waals surface area contributed by atoms with Crippen LogP contribution in [-0.4, -0.2) is 32.4 Å². The monoisotopic (exact) mass is 332 g/mol. The molecule has 0 fully saturated rings. The van der Waals surface area contributed by atoms with E-state index in [-0.39, 0.29) is 0 Å². The first-order chi connectivity index (χ1) is 11.0. The molecule has 1 N–H and O–H groups in total. The van der Waals surface area contributed by atoms with E-state index < -0.39 is 10.0 Å². The molecule has 124 valence electrons. The van der Waals surface area contributed by atoms with Gasteiger partial charge in [-0.15, -0.1) is 0 Å². The van der Waals surface area contributed by atoms with Crippen LogP contribution >= 0.6 is 0 Å². The van der Waals surface area contributed by atoms with E-state index >= 15 is 0 Å². The van der Waals surface area contributed by atoms with Gasteiger partial charge in [0.05, 0.1) is 4.90 Å². The topological polar surface area (TPSA) is 49.4 Å². The summed E-state index contributed by atoms with van der Waals surface area (Å²) >= 11 is 0. The third kappa shape index (κ3) is 5.46. The Hall–Kier alpha value is -1.69. The maximum absolute atomic E-state index is 12.2. The molecule has 0 aliphatic rings. The molecule has 0 spiro atoms. The van der Waals surface area contributed by atoms with Crippen molar-refractivity contribution < 1.29 is 8.42 Å². The van der Waals surface area contributed by atoms with Gasteiger partial charge in [0.1, 0.15) is 0 Å². The maximum Gasteiger partial charge on any atom is 0.240 e. The number of rotatable bonds is 8. The number of nitrogens with one attached hydrogen (secondary N) is 1. The molecule has 2 aromatic carbocycles. The Morgan fingerprint density at radius 2 is 1.52 bits per heavy atom. The second-order valence-electron chi connectivity index (χ2n) is 5.76. The minimum Gasteiger partial charge on any atom is -0.295 e. The molecule has 4 nitrogen and oxygen atoms in total. The Labute approximate surface area is 139 Å². The van der Waals surface area contributed by atoms with Crippen molar-refractivity contribution in [2.75, 3.05) is 13.1 Å². The normalized spacial score (nSPS) is 12.0. The number of hydrogen-bond donors (Lipinski definition) is 1. The van der Waals surface area contributed by atoms with Gasteiger partial charge in [-0.1, -0.05) is 48.5 Å². The fourth-order valence-electron chi connectivity index (χ4n) is 2.34. The van der Waals surface area contributed by atoms with Crippen LogP contribution in [0.1, 0.15) is 19.4 Å². The average Bonchev–Trinajstić information content (AvgIpc) is 2.55. The van der Waals surface area contributed by atoms with Gasteiger partial charge < -0.3 is 0 Å². The van der Waals surface area contributed by atoms with Crippen LogP contribution in [0.3, 0.4) is 0 Å². The van der Waals surface area contributed by atoms with Gasteiger partial charge >= 0.3 is 0 Å². The van der Waals surface area contributed by atoms with Crippen LogP contribution in [0, 0.1) is 0 Å². The van der Waals surface area contributed by atoms with Crippen molar-refractivity contribution in [2.45, 2.75) is 31.3 Å². The minimum absolute atomic E-state index is 0.305. The smallest absolute Gasteiger partial charge is 0.240 e. The quantitative estimate of drug-likeness (QED) is 0.809. The summed E-state index contributed by atoms with van der Waals surface area (Å²) in [6.45, 7) is 6.11. The largest absolute Gasteiger partial charge is 0.295 e. The van der Waals surface area contributed by atoms with Gasteiger partial charge in [0.15, 0.2) is 0 Å². The molecule has 0 saturated heterocycles. The molecule has 0 radical (unpaired) electrons. The summed E-state index contributed by atoms with van der Waals surface area (Å²) in [5.74, 6) is 0. The lowest BCUT2D eigenvalue weighted by Gasteiger charge is -2.26. The van der Waals surface area contributed by atoms with E-state index in [1.165, 1.54) is 5.56 Å². The van der Waals surface area contributed by atoms with E-state index in [0.29, 0.717) is 24.0 Å². The molecule has 0 amide bonds. The zero-order valence-electron chi connectivity index (χ0n) is 13.6. The van der Waals surface area contributed by atoms with E-state index in [4.69, 9.17) is 0 Å². The summed E-state index contributed by atoms with van der Waals surface area (Å²) in [6, 6.07) is 19.0. The van der Waals surface area contributed by atoms with Gasteiger partial charge in [-0.2, -0.15) is 0 Å². The van der Waals surface area contributed by atoms with Crippen molar-refractivity contribution >= 4 is 10.0 Å². The van der Waals surface area contributed by atoms with Crippen LogP contribution in [-0.2, 0) is 16.6 Å². The van der Waals surface area contributed by atoms with Gasteiger partial charge in [-0.05, 0) is 31.5 Å². The van der Waals surface area contributed by atoms with Crippen LogP contribution in [0.15, 0.2) is 65.6 Å². The lowest BCUT2D eigenvalue weighted by Crippen LogP contribution is -2.38. The third-order valence-corrected chi connectivity index (χ3v) is 5.18. The van der Waals surface area contributed by atoms with Crippen LogP contribution < -0.4 is 4.72 Å². The molecule has 0 heterocycles. The van der Waals surface area contributed by atoms with Gasteiger partial charge in [-0.3, -0.25) is 4.90 Å². The molecular weight excluding hydrogens is 308 g/mol. The summed E-state index contributed by atoms with van der Waals surface area (Å²) in [5.41, 5.74) is 1.23. The van der Waals surface area contributed by atoms with E-state index in [0.717, 1.165) is 6.54 Å². The Morgan fingerprint density at radius 1 is 0.957 bits per heavy atom. The fourth-order valence-corrected chi connectivity index (χ4v) is 3.39. The molecule has 0 atom stereocenters. The minimum atomic E-state index is -3.43. The molecule has 0 aliphatic heterocycles. The number of benzene rings is 2. The highest BCUT2D eigenvalue weighted by Crippen LogP contribution is 2.09. The van der Waals surface area contributed by atoms with Crippen molar-refractivity contribution in [2.24, 2.45) is 0 Å². The van der Waals surface area contributed by atoms with Crippen molar-refractivity contribution in [3.63, 3.8) is 0 Å². The summed E-state index contributed by atoms with van der Waals surface area (Å²) in [7, 11) is -3.43. The molecule has 23 heavy (non-hydrogen) atoms. The Kier molecular flexibility index (Phi) is 6.33. The zero-order chi connectivity index (χ0) is 16.7. The molecule has 0 bridgehead atoms. The van der Waals surface area contributed by atoms with Gasteiger partial charge in [-0.25, -0.2) is 13.1 Å². The van der Waals surface area contributed by atoms with Crippen molar-refractivity contribution in [3.05, 3.63) is 66.2 Å². The SMILES string of the molecule is CC(C)N(CCNS(=O)(=O)c1ccccc1)Cc1ccccc1. The summed E-state index contributed by atoms with van der Waals surface area (Å²) in [4.78, 5) is 2.56. The Balaban J connectivity index is 1.92. The molecule has 5 heteroatoms. The van der Waals surface area contributed by atoms with E-state index in [9.17, 15) is 8.42 Å². The fraction of sp³-hybridized carbons (Fsp3) is 0.333. The van der Waals surface area contributed by atoms with Gasteiger partial charge in [0.2, 0.25) is 10.0 Å². The molecule has 0 saturated carbocycles. The second kappa shape index (κ2) is 8.24. The highest BCUT2D eigenvalue weighted by atomic mass is 32.2. The van der Waals surface area contributed by atoms with Crippen molar-refractivity contribution in [1.82, 2.24) is 9.62 Å². The third-order valence-electron chi connectivity index (χ3n) is 3.70. The van der Waals surface area contributed by atoms with Crippen molar-refractivity contribution in [1.29, 1.82) is 0 Å². The highest BCUT2D eigenvalue weighted by Gasteiger charge is 2.15. The standard InChI is InChI=1S/C18H24N2O2S/c1-16(2)20(15-17-9-5-3-6-10-17)14-13-19-23(21,22)18-11-7-4-8-12-18/h3-12,16,19H,13-15H2,1-2H3. The first-order valence-corrected chi connectivity index (χ1v) is 9.30. The average molecular weight is 332 g/mol. The van der Waals surface area contributed by atoms with Crippen LogP contribution in [0.4, 0.5) is 0 Å². The Morgan fingerprint density at radius 3 is 2.09 bits per heavy atom. The van der Waals surface area contributed by atoms with Crippen LogP contribution in [0.5, 0.6) is 0 Å². The molecule has 2 aromatic rings. The van der Waals surface area contributed by atoms with Gasteiger partial charge in [0.25, 0.3) is 0 Å². The van der Waals surface area contributed by atoms with E-state index in [1.807, 2.05) is 18.2 Å². The molecule has 0 unspecified atom stereocenters. The molecule has 2 rings (SSSR count). The lowest BCUT2D eigenvalue weighted by atomic mass is 10.2. The maximum atomic E-state index is 12.2. The second-order valence-corrected chi connectivity index (χ2v) is 7.53. The van der Waals surface area contributed by atoms with Crippen LogP contribution in [0.25, 0.3) is 0 Å². The number of sulfonamides is 1. The Bertz CT molecular complexity index is 685. The van der Waals surface area contributed by atoms with E-state index in [2.05, 4.69) is 35.6 Å². The molecular formula is C18H24N2O2S. The first-order valence-electron chi connectivity index (χ1n) is 7.82. The zero-order valence-corrected chi connectivity index (χ0v) is 14.5. The summed E-state index contributed by atoms with van der Waals surface area (Å²) in [6.07, 6.45) is 0. The summed E-state index contributed by atoms with van der Waals surface area (Å²) in [5, 5.41) is 0. The predicted octanol–water partition coefficient (Wildman–Crippen LogP) is 2.88. The first kappa shape index (κ1) is 17.7. The predicted molar refractivity (Wildman–Crippen MR) is 93.6 cm³/mol. The summed E-state index contributed by atoms with van der Waals surface area (Å²) < 4.78 is 27.1. The number of nitrogens with zero attached hydrogens (tertiary/aromatic N) is 1. The van der Waals surface area contributed by atoms with Crippen LogP contribution in [0.2, 0.25) is 0 Å². The molecule has 0 aromatic heterocycles. The van der Waals surface area contributed by atoms with Crippen molar-refractivity contribution in [3.8, 4) is 0 Å². The molecule has 0 aliphatic carbocycles. The van der Waals surface area contributed by atoms with Gasteiger partial charge in [0, 0.05) is 25.7 Å². The highest BCUT2D eigenvalue weighted by molar-refractivity contribution is 7.89. The lowest BCUT2D eigenvalue weighted by molar-refractivity contribution is 0.217. The van der Waals surface area contributed by atoms with E-state index in [1.54, 1.807) is 30.3 Å².